The van der Waals surface area contributed by atoms with E-state index in [1.54, 1.807) is 0 Å². The number of hydrogen-bond acceptors (Lipinski definition) is 3. The van der Waals surface area contributed by atoms with Crippen molar-refractivity contribution >= 4 is 5.91 Å². The van der Waals surface area contributed by atoms with Crippen molar-refractivity contribution in [1.82, 2.24) is 5.32 Å². The predicted molar refractivity (Wildman–Crippen MR) is 75.4 cm³/mol. The number of furan rings is 1. The van der Waals surface area contributed by atoms with E-state index in [1.165, 1.54) is 6.42 Å². The highest BCUT2D eigenvalue weighted by atomic mass is 16.3. The molecule has 1 aromatic rings. The maximum absolute atomic E-state index is 11.9. The van der Waals surface area contributed by atoms with Crippen LogP contribution in [-0.4, -0.2) is 23.2 Å². The van der Waals surface area contributed by atoms with E-state index in [2.05, 4.69) is 12.2 Å². The average molecular weight is 277 g/mol. The van der Waals surface area contributed by atoms with Gasteiger partial charge in [-0.1, -0.05) is 6.92 Å². The summed E-state index contributed by atoms with van der Waals surface area (Å²) in [6.07, 6.45) is 5.14. The zero-order chi connectivity index (χ0) is 14.2. The van der Waals surface area contributed by atoms with E-state index >= 15 is 0 Å². The standard InChI is InChI=1S/C16H23NO3/c1-11-9-13(11)14-5-3-12(20-14)4-6-15(19)17-16(10-18)7-2-8-16/h3,5,11,13,18H,2,4,6-10H2,1H3,(H,17,19). The Bertz CT molecular complexity index is 484. The lowest BCUT2D eigenvalue weighted by Crippen LogP contribution is -2.56. The van der Waals surface area contributed by atoms with Gasteiger partial charge in [-0.2, -0.15) is 0 Å². The van der Waals surface area contributed by atoms with Gasteiger partial charge in [0.05, 0.1) is 12.1 Å². The summed E-state index contributed by atoms with van der Waals surface area (Å²) >= 11 is 0. The Kier molecular flexibility index (Phi) is 3.59. The van der Waals surface area contributed by atoms with Gasteiger partial charge < -0.3 is 14.8 Å². The van der Waals surface area contributed by atoms with Crippen LogP contribution in [0.3, 0.4) is 0 Å². The first-order valence-electron chi connectivity index (χ1n) is 7.62. The number of aryl methyl sites for hydroxylation is 1. The summed E-state index contributed by atoms with van der Waals surface area (Å²) in [6, 6.07) is 4.03. The van der Waals surface area contributed by atoms with Crippen LogP contribution in [0.2, 0.25) is 0 Å². The molecule has 2 unspecified atom stereocenters. The second-order valence-corrected chi connectivity index (χ2v) is 6.46. The monoisotopic (exact) mass is 277 g/mol. The van der Waals surface area contributed by atoms with Crippen molar-refractivity contribution in [2.24, 2.45) is 5.92 Å². The molecule has 0 spiro atoms. The van der Waals surface area contributed by atoms with Gasteiger partial charge in [-0.25, -0.2) is 0 Å². The number of hydrogen-bond donors (Lipinski definition) is 2. The first-order chi connectivity index (χ1) is 9.62. The maximum atomic E-state index is 11.9. The van der Waals surface area contributed by atoms with Crippen LogP contribution in [0.4, 0.5) is 0 Å². The van der Waals surface area contributed by atoms with Crippen LogP contribution < -0.4 is 5.32 Å². The third kappa shape index (κ3) is 2.75. The molecule has 2 aliphatic rings. The van der Waals surface area contributed by atoms with Crippen LogP contribution in [0, 0.1) is 5.92 Å². The average Bonchev–Trinajstić information content (AvgIpc) is 2.94. The molecule has 3 rings (SSSR count). The van der Waals surface area contributed by atoms with Crippen LogP contribution >= 0.6 is 0 Å². The summed E-state index contributed by atoms with van der Waals surface area (Å²) in [7, 11) is 0. The first kappa shape index (κ1) is 13.7. The molecule has 20 heavy (non-hydrogen) atoms. The van der Waals surface area contributed by atoms with E-state index in [4.69, 9.17) is 4.42 Å². The summed E-state index contributed by atoms with van der Waals surface area (Å²) in [5.74, 6) is 3.29. The van der Waals surface area contributed by atoms with Gasteiger partial charge in [0.25, 0.3) is 0 Å². The third-order valence-electron chi connectivity index (χ3n) is 4.77. The van der Waals surface area contributed by atoms with Gasteiger partial charge in [-0.15, -0.1) is 0 Å². The fourth-order valence-corrected chi connectivity index (χ4v) is 2.97. The Labute approximate surface area is 119 Å². The summed E-state index contributed by atoms with van der Waals surface area (Å²) < 4.78 is 5.80. The number of rotatable bonds is 6. The number of carbonyl (C=O) groups excluding carboxylic acids is 1. The van der Waals surface area contributed by atoms with Crippen molar-refractivity contribution in [3.05, 3.63) is 23.7 Å². The zero-order valence-corrected chi connectivity index (χ0v) is 12.0. The molecule has 1 heterocycles. The van der Waals surface area contributed by atoms with Crippen molar-refractivity contribution in [3.8, 4) is 0 Å². The van der Waals surface area contributed by atoms with Crippen LogP contribution in [0.1, 0.15) is 56.5 Å². The Hall–Kier alpha value is -1.29. The number of amides is 1. The van der Waals surface area contributed by atoms with E-state index < -0.39 is 0 Å². The molecule has 2 fully saturated rings. The van der Waals surface area contributed by atoms with Gasteiger partial charge in [-0.05, 0) is 43.7 Å². The molecular formula is C16H23NO3. The normalized spacial score (nSPS) is 26.9. The van der Waals surface area contributed by atoms with Crippen molar-refractivity contribution in [2.75, 3.05) is 6.61 Å². The molecule has 4 nitrogen and oxygen atoms in total. The lowest BCUT2D eigenvalue weighted by Gasteiger charge is -2.40. The Balaban J connectivity index is 1.46. The lowest BCUT2D eigenvalue weighted by atomic mass is 9.77. The molecular weight excluding hydrogens is 254 g/mol. The molecule has 0 radical (unpaired) electrons. The van der Waals surface area contributed by atoms with Gasteiger partial charge in [0, 0.05) is 18.8 Å². The second kappa shape index (κ2) is 5.24. The molecule has 4 heteroatoms. The predicted octanol–water partition coefficient (Wildman–Crippen LogP) is 2.37. The Morgan fingerprint density at radius 1 is 1.50 bits per heavy atom. The Morgan fingerprint density at radius 3 is 2.80 bits per heavy atom. The minimum Gasteiger partial charge on any atom is -0.466 e. The van der Waals surface area contributed by atoms with Crippen molar-refractivity contribution in [3.63, 3.8) is 0 Å². The van der Waals surface area contributed by atoms with Gasteiger partial charge in [0.1, 0.15) is 11.5 Å². The molecule has 110 valence electrons. The lowest BCUT2D eigenvalue weighted by molar-refractivity contribution is -0.125. The van der Waals surface area contributed by atoms with Crippen LogP contribution in [0.5, 0.6) is 0 Å². The number of aliphatic hydroxyl groups is 1. The van der Waals surface area contributed by atoms with Crippen LogP contribution in [-0.2, 0) is 11.2 Å². The zero-order valence-electron chi connectivity index (χ0n) is 12.0. The van der Waals surface area contributed by atoms with E-state index in [1.807, 2.05) is 12.1 Å². The molecule has 2 atom stereocenters. The van der Waals surface area contributed by atoms with Gasteiger partial charge >= 0.3 is 0 Å². The highest BCUT2D eigenvalue weighted by Gasteiger charge is 2.38. The minimum atomic E-state index is -0.338. The first-order valence-corrected chi connectivity index (χ1v) is 7.62. The molecule has 1 aromatic heterocycles. The SMILES string of the molecule is CC1CC1c1ccc(CCC(=O)NC2(CO)CCC2)o1. The molecule has 0 aromatic carbocycles. The molecule has 2 aliphatic carbocycles. The van der Waals surface area contributed by atoms with Crippen LogP contribution in [0.15, 0.2) is 16.5 Å². The molecule has 0 aliphatic heterocycles. The molecule has 1 amide bonds. The highest BCUT2D eigenvalue weighted by molar-refractivity contribution is 5.77. The molecule has 2 N–H and O–H groups in total. The summed E-state index contributed by atoms with van der Waals surface area (Å²) in [4.78, 5) is 11.9. The summed E-state index contributed by atoms with van der Waals surface area (Å²) in [6.45, 7) is 2.27. The van der Waals surface area contributed by atoms with E-state index in [0.29, 0.717) is 18.8 Å². The third-order valence-corrected chi connectivity index (χ3v) is 4.77. The maximum Gasteiger partial charge on any atom is 0.220 e. The van der Waals surface area contributed by atoms with Gasteiger partial charge in [0.15, 0.2) is 0 Å². The fourth-order valence-electron chi connectivity index (χ4n) is 2.97. The summed E-state index contributed by atoms with van der Waals surface area (Å²) in [5, 5.41) is 12.3. The van der Waals surface area contributed by atoms with Crippen molar-refractivity contribution < 1.29 is 14.3 Å². The number of aliphatic hydroxyl groups excluding tert-OH is 1. The smallest absolute Gasteiger partial charge is 0.220 e. The molecule has 0 bridgehead atoms. The molecule has 0 saturated heterocycles. The van der Waals surface area contributed by atoms with Crippen molar-refractivity contribution in [2.45, 2.75) is 56.9 Å². The van der Waals surface area contributed by atoms with Gasteiger partial charge in [0.2, 0.25) is 5.91 Å². The fraction of sp³-hybridized carbons (Fsp3) is 0.688. The van der Waals surface area contributed by atoms with E-state index in [9.17, 15) is 9.90 Å². The number of nitrogens with one attached hydrogen (secondary N) is 1. The molecule has 2 saturated carbocycles. The Morgan fingerprint density at radius 2 is 2.25 bits per heavy atom. The summed E-state index contributed by atoms with van der Waals surface area (Å²) in [5.41, 5.74) is -0.338. The van der Waals surface area contributed by atoms with E-state index in [0.717, 1.165) is 36.7 Å². The number of carbonyl (C=O) groups is 1. The minimum absolute atomic E-state index is 0.0106. The van der Waals surface area contributed by atoms with Gasteiger partial charge in [-0.3, -0.25) is 4.79 Å². The highest BCUT2D eigenvalue weighted by Crippen LogP contribution is 2.47. The van der Waals surface area contributed by atoms with Crippen LogP contribution in [0.25, 0.3) is 0 Å². The quantitative estimate of drug-likeness (QED) is 0.839. The van der Waals surface area contributed by atoms with Crippen molar-refractivity contribution in [1.29, 1.82) is 0 Å². The second-order valence-electron chi connectivity index (χ2n) is 6.46. The topological polar surface area (TPSA) is 62.5 Å². The largest absolute Gasteiger partial charge is 0.466 e. The van der Waals surface area contributed by atoms with E-state index in [-0.39, 0.29) is 18.1 Å².